The summed E-state index contributed by atoms with van der Waals surface area (Å²) in [5, 5.41) is 0. The summed E-state index contributed by atoms with van der Waals surface area (Å²) in [4.78, 5) is 16.0. The molecule has 0 atom stereocenters. The second kappa shape index (κ2) is 6.50. The minimum Gasteiger partial charge on any atom is -0.460 e. The molecule has 0 aliphatic heterocycles. The molecule has 3 nitrogen and oxygen atoms in total. The van der Waals surface area contributed by atoms with E-state index in [4.69, 9.17) is 4.74 Å². The molecule has 0 fully saturated rings. The van der Waals surface area contributed by atoms with Crippen LogP contribution in [0.2, 0.25) is 0 Å². The maximum absolute atomic E-state index is 11.6. The third-order valence-electron chi connectivity index (χ3n) is 2.41. The van der Waals surface area contributed by atoms with E-state index in [9.17, 15) is 4.79 Å². The van der Waals surface area contributed by atoms with Gasteiger partial charge in [-0.05, 0) is 51.8 Å². The predicted octanol–water partition coefficient (Wildman–Crippen LogP) is 3.70. The van der Waals surface area contributed by atoms with E-state index in [0.29, 0.717) is 6.42 Å². The third kappa shape index (κ3) is 6.18. The average molecular weight is 261 g/mol. The SMILES string of the molecule is CCc1cc(/C=C/CC(=O)OC(C)(C)C)cc(C)n1. The van der Waals surface area contributed by atoms with Crippen molar-refractivity contribution < 1.29 is 9.53 Å². The molecule has 104 valence electrons. The summed E-state index contributed by atoms with van der Waals surface area (Å²) in [6.45, 7) is 9.66. The van der Waals surface area contributed by atoms with Crippen LogP contribution < -0.4 is 0 Å². The van der Waals surface area contributed by atoms with E-state index in [1.165, 1.54) is 0 Å². The van der Waals surface area contributed by atoms with Crippen LogP contribution in [0.4, 0.5) is 0 Å². The Morgan fingerprint density at radius 2 is 2.05 bits per heavy atom. The lowest BCUT2D eigenvalue weighted by atomic mass is 10.1. The van der Waals surface area contributed by atoms with E-state index in [1.54, 1.807) is 0 Å². The van der Waals surface area contributed by atoms with Crippen LogP contribution in [-0.4, -0.2) is 16.6 Å². The molecule has 0 aliphatic carbocycles. The molecule has 0 aromatic carbocycles. The van der Waals surface area contributed by atoms with Crippen molar-refractivity contribution >= 4 is 12.0 Å². The van der Waals surface area contributed by atoms with Crippen LogP contribution >= 0.6 is 0 Å². The minimum absolute atomic E-state index is 0.203. The van der Waals surface area contributed by atoms with E-state index in [2.05, 4.69) is 11.9 Å². The second-order valence-corrected chi connectivity index (χ2v) is 5.58. The number of esters is 1. The van der Waals surface area contributed by atoms with E-state index in [0.717, 1.165) is 23.4 Å². The molecular weight excluding hydrogens is 238 g/mol. The summed E-state index contributed by atoms with van der Waals surface area (Å²) < 4.78 is 5.24. The van der Waals surface area contributed by atoms with Gasteiger partial charge in [0.1, 0.15) is 5.60 Å². The van der Waals surface area contributed by atoms with Crippen LogP contribution in [0.5, 0.6) is 0 Å². The lowest BCUT2D eigenvalue weighted by Gasteiger charge is -2.18. The van der Waals surface area contributed by atoms with Gasteiger partial charge in [0.15, 0.2) is 0 Å². The fourth-order valence-corrected chi connectivity index (χ4v) is 1.72. The zero-order valence-electron chi connectivity index (χ0n) is 12.5. The Hall–Kier alpha value is -1.64. The molecule has 0 N–H and O–H groups in total. The van der Waals surface area contributed by atoms with Gasteiger partial charge in [-0.1, -0.05) is 19.1 Å². The lowest BCUT2D eigenvalue weighted by Crippen LogP contribution is -2.23. The van der Waals surface area contributed by atoms with Gasteiger partial charge >= 0.3 is 5.97 Å². The number of nitrogens with zero attached hydrogens (tertiary/aromatic N) is 1. The van der Waals surface area contributed by atoms with E-state index in [1.807, 2.05) is 52.0 Å². The second-order valence-electron chi connectivity index (χ2n) is 5.58. The van der Waals surface area contributed by atoms with Gasteiger partial charge in [0.2, 0.25) is 0 Å². The Kier molecular flexibility index (Phi) is 5.28. The number of hydrogen-bond acceptors (Lipinski definition) is 3. The van der Waals surface area contributed by atoms with Crippen LogP contribution in [0.3, 0.4) is 0 Å². The maximum Gasteiger partial charge on any atom is 0.310 e. The number of carbonyl (C=O) groups excluding carboxylic acids is 1. The largest absolute Gasteiger partial charge is 0.460 e. The van der Waals surface area contributed by atoms with Gasteiger partial charge in [0.25, 0.3) is 0 Å². The highest BCUT2D eigenvalue weighted by Gasteiger charge is 2.14. The van der Waals surface area contributed by atoms with Crippen molar-refractivity contribution in [1.29, 1.82) is 0 Å². The van der Waals surface area contributed by atoms with Crippen molar-refractivity contribution in [2.24, 2.45) is 0 Å². The third-order valence-corrected chi connectivity index (χ3v) is 2.41. The molecule has 1 aromatic rings. The number of hydrogen-bond donors (Lipinski definition) is 0. The van der Waals surface area contributed by atoms with E-state index >= 15 is 0 Å². The zero-order valence-corrected chi connectivity index (χ0v) is 12.5. The number of ether oxygens (including phenoxy) is 1. The number of rotatable bonds is 4. The first-order valence-electron chi connectivity index (χ1n) is 6.66. The lowest BCUT2D eigenvalue weighted by molar-refractivity contribution is -0.153. The van der Waals surface area contributed by atoms with Crippen molar-refractivity contribution in [1.82, 2.24) is 4.98 Å². The molecule has 0 amide bonds. The first kappa shape index (κ1) is 15.4. The Bertz CT molecular complexity index is 470. The summed E-state index contributed by atoms with van der Waals surface area (Å²) >= 11 is 0. The van der Waals surface area contributed by atoms with Gasteiger partial charge in [-0.15, -0.1) is 0 Å². The summed E-state index contributed by atoms with van der Waals surface area (Å²) in [5.41, 5.74) is 2.72. The van der Waals surface area contributed by atoms with E-state index in [-0.39, 0.29) is 5.97 Å². The van der Waals surface area contributed by atoms with Crippen LogP contribution in [0.1, 0.15) is 51.1 Å². The summed E-state index contributed by atoms with van der Waals surface area (Å²) in [6.07, 6.45) is 4.98. The normalized spacial score (nSPS) is 11.8. The van der Waals surface area contributed by atoms with Gasteiger partial charge in [-0.25, -0.2) is 0 Å². The van der Waals surface area contributed by atoms with Crippen LogP contribution in [0, 0.1) is 6.92 Å². The van der Waals surface area contributed by atoms with E-state index < -0.39 is 5.60 Å². The molecule has 0 bridgehead atoms. The first-order chi connectivity index (χ1) is 8.80. The zero-order chi connectivity index (χ0) is 14.5. The molecule has 19 heavy (non-hydrogen) atoms. The summed E-state index contributed by atoms with van der Waals surface area (Å²) in [7, 11) is 0. The van der Waals surface area contributed by atoms with Crippen LogP contribution in [0.15, 0.2) is 18.2 Å². The van der Waals surface area contributed by atoms with Gasteiger partial charge in [-0.3, -0.25) is 9.78 Å². The molecule has 1 aromatic heterocycles. The molecule has 3 heteroatoms. The molecule has 0 aliphatic rings. The molecule has 0 spiro atoms. The standard InChI is InChI=1S/C16H23NO2/c1-6-14-11-13(10-12(2)17-14)8-7-9-15(18)19-16(3,4)5/h7-8,10-11H,6,9H2,1-5H3/b8-7+. The maximum atomic E-state index is 11.6. The van der Waals surface area contributed by atoms with Crippen LogP contribution in [0.25, 0.3) is 6.08 Å². The van der Waals surface area contributed by atoms with Crippen molar-refractivity contribution in [3.63, 3.8) is 0 Å². The molecule has 1 heterocycles. The first-order valence-corrected chi connectivity index (χ1v) is 6.66. The Balaban J connectivity index is 2.62. The highest BCUT2D eigenvalue weighted by atomic mass is 16.6. The van der Waals surface area contributed by atoms with Crippen LogP contribution in [-0.2, 0) is 16.0 Å². The average Bonchev–Trinajstić information content (AvgIpc) is 2.25. The Labute approximate surface area is 115 Å². The smallest absolute Gasteiger partial charge is 0.310 e. The van der Waals surface area contributed by atoms with Crippen molar-refractivity contribution in [3.05, 3.63) is 35.2 Å². The van der Waals surface area contributed by atoms with Gasteiger partial charge < -0.3 is 4.74 Å². The van der Waals surface area contributed by atoms with Gasteiger partial charge in [0.05, 0.1) is 6.42 Å². The van der Waals surface area contributed by atoms with Crippen molar-refractivity contribution in [2.75, 3.05) is 0 Å². The fraction of sp³-hybridized carbons (Fsp3) is 0.500. The highest BCUT2D eigenvalue weighted by Crippen LogP contribution is 2.11. The number of carbonyl (C=O) groups is 1. The quantitative estimate of drug-likeness (QED) is 0.776. The van der Waals surface area contributed by atoms with Gasteiger partial charge in [0, 0.05) is 11.4 Å². The molecular formula is C16H23NO2. The topological polar surface area (TPSA) is 39.2 Å². The summed E-state index contributed by atoms with van der Waals surface area (Å²) in [6, 6.07) is 4.04. The van der Waals surface area contributed by atoms with Crippen molar-refractivity contribution in [2.45, 2.75) is 53.1 Å². The monoisotopic (exact) mass is 261 g/mol. The fourth-order valence-electron chi connectivity index (χ4n) is 1.72. The molecule has 0 radical (unpaired) electrons. The predicted molar refractivity (Wildman–Crippen MR) is 77.8 cm³/mol. The number of aryl methyl sites for hydroxylation is 2. The minimum atomic E-state index is -0.423. The molecule has 1 rings (SSSR count). The molecule has 0 saturated carbocycles. The molecule has 0 unspecified atom stereocenters. The number of aromatic nitrogens is 1. The Morgan fingerprint density at radius 1 is 1.37 bits per heavy atom. The molecule has 0 saturated heterocycles. The van der Waals surface area contributed by atoms with Crippen molar-refractivity contribution in [3.8, 4) is 0 Å². The number of pyridine rings is 1. The summed E-state index contributed by atoms with van der Waals surface area (Å²) in [5.74, 6) is -0.203. The highest BCUT2D eigenvalue weighted by molar-refractivity contribution is 5.73. The Morgan fingerprint density at radius 3 is 2.63 bits per heavy atom. The van der Waals surface area contributed by atoms with Gasteiger partial charge in [-0.2, -0.15) is 0 Å².